The topological polar surface area (TPSA) is 0 Å². The molecular formula is C20H20. The van der Waals surface area contributed by atoms with E-state index in [0.29, 0.717) is 0 Å². The molecule has 0 atom stereocenters. The Hall–Kier alpha value is -1.82. The molecule has 2 aliphatic carbocycles. The summed E-state index contributed by atoms with van der Waals surface area (Å²) in [6.45, 7) is 9.47. The van der Waals surface area contributed by atoms with E-state index in [4.69, 9.17) is 0 Å². The van der Waals surface area contributed by atoms with E-state index >= 15 is 0 Å². The molecule has 0 aliphatic heterocycles. The summed E-state index contributed by atoms with van der Waals surface area (Å²) in [4.78, 5) is 0. The van der Waals surface area contributed by atoms with Crippen molar-refractivity contribution in [2.45, 2.75) is 38.5 Å². The number of hydrogen-bond donors (Lipinski definition) is 0. The van der Waals surface area contributed by atoms with Gasteiger partial charge in [-0.05, 0) is 33.4 Å². The summed E-state index contributed by atoms with van der Waals surface area (Å²) in [5, 5.41) is 0. The molecule has 20 heavy (non-hydrogen) atoms. The summed E-state index contributed by atoms with van der Waals surface area (Å²) < 4.78 is 0. The van der Waals surface area contributed by atoms with Crippen LogP contribution in [0.2, 0.25) is 0 Å². The second-order valence-corrected chi connectivity index (χ2v) is 7.09. The van der Waals surface area contributed by atoms with E-state index in [1.165, 1.54) is 22.3 Å². The number of allylic oxidation sites excluding steroid dienone is 2. The van der Waals surface area contributed by atoms with Crippen LogP contribution in [0.5, 0.6) is 0 Å². The second-order valence-electron chi connectivity index (χ2n) is 7.09. The van der Waals surface area contributed by atoms with Crippen molar-refractivity contribution in [1.82, 2.24) is 0 Å². The van der Waals surface area contributed by atoms with Crippen LogP contribution in [0.4, 0.5) is 0 Å². The molecule has 0 bridgehead atoms. The van der Waals surface area contributed by atoms with Gasteiger partial charge in [-0.1, -0.05) is 76.2 Å². The third kappa shape index (κ3) is 1.18. The van der Waals surface area contributed by atoms with Gasteiger partial charge in [-0.2, -0.15) is 0 Å². The highest BCUT2D eigenvalue weighted by atomic mass is 14.5. The highest BCUT2D eigenvalue weighted by Crippen LogP contribution is 2.62. The molecule has 100 valence electrons. The normalized spacial score (nSPS) is 20.6. The molecule has 2 aromatic carbocycles. The minimum Gasteiger partial charge on any atom is -0.0619 e. The number of rotatable bonds is 0. The Morgan fingerprint density at radius 1 is 0.550 bits per heavy atom. The molecule has 0 unspecified atom stereocenters. The fraction of sp³-hybridized carbons (Fsp3) is 0.300. The Kier molecular flexibility index (Phi) is 2.05. The molecule has 0 heteroatoms. The van der Waals surface area contributed by atoms with E-state index in [1.807, 2.05) is 0 Å². The van der Waals surface area contributed by atoms with Gasteiger partial charge in [0.25, 0.3) is 0 Å². The first kappa shape index (κ1) is 12.0. The fourth-order valence-corrected chi connectivity index (χ4v) is 4.33. The monoisotopic (exact) mass is 260 g/mol. The van der Waals surface area contributed by atoms with Crippen LogP contribution in [0, 0.1) is 0 Å². The van der Waals surface area contributed by atoms with Gasteiger partial charge in [0.1, 0.15) is 0 Å². The predicted octanol–water partition coefficient (Wildman–Crippen LogP) is 5.18. The van der Waals surface area contributed by atoms with Crippen molar-refractivity contribution in [1.29, 1.82) is 0 Å². The Morgan fingerprint density at radius 2 is 0.900 bits per heavy atom. The van der Waals surface area contributed by atoms with E-state index in [2.05, 4.69) is 76.2 Å². The zero-order chi connectivity index (χ0) is 14.1. The third-order valence-corrected chi connectivity index (χ3v) is 5.24. The van der Waals surface area contributed by atoms with Crippen molar-refractivity contribution in [3.63, 3.8) is 0 Å². The van der Waals surface area contributed by atoms with Crippen molar-refractivity contribution in [2.24, 2.45) is 0 Å². The van der Waals surface area contributed by atoms with Crippen molar-refractivity contribution < 1.29 is 0 Å². The average molecular weight is 260 g/mol. The summed E-state index contributed by atoms with van der Waals surface area (Å²) in [6.07, 6.45) is 0. The number of hydrogen-bond acceptors (Lipinski definition) is 0. The van der Waals surface area contributed by atoms with Gasteiger partial charge in [0.15, 0.2) is 0 Å². The van der Waals surface area contributed by atoms with Crippen molar-refractivity contribution in [3.8, 4) is 0 Å². The molecule has 0 aromatic heterocycles. The minimum absolute atomic E-state index is 0.107. The smallest absolute Gasteiger partial charge is 0.0161 e. The lowest BCUT2D eigenvalue weighted by Crippen LogP contribution is -2.18. The summed E-state index contributed by atoms with van der Waals surface area (Å²) >= 11 is 0. The van der Waals surface area contributed by atoms with Crippen molar-refractivity contribution in [3.05, 3.63) is 70.8 Å². The van der Waals surface area contributed by atoms with Gasteiger partial charge in [-0.3, -0.25) is 0 Å². The highest BCUT2D eigenvalue weighted by molar-refractivity contribution is 6.09. The molecule has 0 saturated heterocycles. The molecule has 0 radical (unpaired) electrons. The molecule has 0 spiro atoms. The first-order chi connectivity index (χ1) is 9.45. The summed E-state index contributed by atoms with van der Waals surface area (Å²) in [5.74, 6) is 0. The van der Waals surface area contributed by atoms with Gasteiger partial charge in [0.05, 0.1) is 0 Å². The maximum Gasteiger partial charge on any atom is 0.0161 e. The third-order valence-electron chi connectivity index (χ3n) is 5.24. The quantitative estimate of drug-likeness (QED) is 0.612. The summed E-state index contributed by atoms with van der Waals surface area (Å²) in [6, 6.07) is 17.9. The van der Waals surface area contributed by atoms with Gasteiger partial charge in [0, 0.05) is 10.8 Å². The van der Waals surface area contributed by atoms with Gasteiger partial charge >= 0.3 is 0 Å². The van der Waals surface area contributed by atoms with Crippen LogP contribution in [-0.4, -0.2) is 0 Å². The van der Waals surface area contributed by atoms with Gasteiger partial charge < -0.3 is 0 Å². The predicted molar refractivity (Wildman–Crippen MR) is 85.8 cm³/mol. The highest BCUT2D eigenvalue weighted by Gasteiger charge is 2.49. The molecule has 0 heterocycles. The van der Waals surface area contributed by atoms with E-state index < -0.39 is 0 Å². The van der Waals surface area contributed by atoms with Crippen molar-refractivity contribution in [2.75, 3.05) is 0 Å². The average Bonchev–Trinajstić information content (AvgIpc) is 2.82. The standard InChI is InChI=1S/C20H20/c1-19(2)15-11-7-5-9-13(15)18-17(19)14-10-6-8-12-16(14)20(18,3)4/h5-12H,1-4H3. The van der Waals surface area contributed by atoms with E-state index in [1.54, 1.807) is 11.1 Å². The molecule has 0 fully saturated rings. The van der Waals surface area contributed by atoms with Crippen LogP contribution in [0.3, 0.4) is 0 Å². The molecule has 0 saturated carbocycles. The summed E-state index contributed by atoms with van der Waals surface area (Å²) in [5.41, 5.74) is 9.16. The molecule has 4 rings (SSSR count). The van der Waals surface area contributed by atoms with Crippen LogP contribution >= 0.6 is 0 Å². The van der Waals surface area contributed by atoms with Crippen LogP contribution in [0.1, 0.15) is 49.9 Å². The van der Waals surface area contributed by atoms with Gasteiger partial charge in [-0.25, -0.2) is 0 Å². The van der Waals surface area contributed by atoms with Crippen molar-refractivity contribution >= 4 is 11.1 Å². The molecular weight excluding hydrogens is 240 g/mol. The lowest BCUT2D eigenvalue weighted by Gasteiger charge is -2.27. The van der Waals surface area contributed by atoms with Crippen LogP contribution < -0.4 is 0 Å². The first-order valence-corrected chi connectivity index (χ1v) is 7.40. The van der Waals surface area contributed by atoms with Gasteiger partial charge in [-0.15, -0.1) is 0 Å². The molecule has 2 aromatic rings. The largest absolute Gasteiger partial charge is 0.0619 e. The van der Waals surface area contributed by atoms with Crippen LogP contribution in [0.15, 0.2) is 48.5 Å². The Bertz CT molecular complexity index is 692. The molecule has 2 aliphatic rings. The maximum absolute atomic E-state index is 2.37. The summed E-state index contributed by atoms with van der Waals surface area (Å²) in [7, 11) is 0. The van der Waals surface area contributed by atoms with E-state index in [0.717, 1.165) is 0 Å². The lowest BCUT2D eigenvalue weighted by molar-refractivity contribution is 0.694. The first-order valence-electron chi connectivity index (χ1n) is 7.40. The molecule has 0 N–H and O–H groups in total. The fourth-order valence-electron chi connectivity index (χ4n) is 4.33. The number of benzene rings is 2. The lowest BCUT2D eigenvalue weighted by atomic mass is 9.76. The Labute approximate surface area is 121 Å². The Balaban J connectivity index is 2.13. The van der Waals surface area contributed by atoms with Gasteiger partial charge in [0.2, 0.25) is 0 Å². The van der Waals surface area contributed by atoms with E-state index in [9.17, 15) is 0 Å². The maximum atomic E-state index is 2.37. The zero-order valence-corrected chi connectivity index (χ0v) is 12.6. The van der Waals surface area contributed by atoms with Crippen LogP contribution in [0.25, 0.3) is 11.1 Å². The molecule has 0 nitrogen and oxygen atoms in total. The zero-order valence-electron chi connectivity index (χ0n) is 12.6. The van der Waals surface area contributed by atoms with E-state index in [-0.39, 0.29) is 10.8 Å². The minimum atomic E-state index is 0.107. The van der Waals surface area contributed by atoms with Crippen LogP contribution in [-0.2, 0) is 10.8 Å². The second kappa shape index (κ2) is 3.44. The SMILES string of the molecule is CC1(C)C2=C(c3ccccc31)C(C)(C)c1ccccc12. The molecule has 0 amide bonds. The Morgan fingerprint density at radius 3 is 1.30 bits per heavy atom. The number of fused-ring (bicyclic) bond motifs is 4.